The van der Waals surface area contributed by atoms with Crippen LogP contribution >= 0.6 is 0 Å². The third kappa shape index (κ3) is 2.96. The van der Waals surface area contributed by atoms with Crippen molar-refractivity contribution in [1.82, 2.24) is 4.98 Å². The summed E-state index contributed by atoms with van der Waals surface area (Å²) in [6.45, 7) is 11.6. The summed E-state index contributed by atoms with van der Waals surface area (Å²) in [4.78, 5) is 4.63. The fraction of sp³-hybridized carbons (Fsp3) is 0.421. The summed E-state index contributed by atoms with van der Waals surface area (Å²) in [6, 6.07) is 14.9. The van der Waals surface area contributed by atoms with Gasteiger partial charge in [-0.2, -0.15) is 0 Å². The summed E-state index contributed by atoms with van der Waals surface area (Å²) in [6.07, 6.45) is 1.91. The van der Waals surface area contributed by atoms with E-state index in [1.807, 2.05) is 12.3 Å². The molecule has 0 aliphatic rings. The van der Waals surface area contributed by atoms with Gasteiger partial charge in [-0.15, -0.1) is 0 Å². The highest BCUT2D eigenvalue weighted by molar-refractivity contribution is 6.93. The molecule has 0 radical (unpaired) electrons. The molecular formula is C19H27NSi. The molecular weight excluding hydrogens is 270 g/mol. The standard InChI is InChI=1S/C19H27NSi/c1-6-21(7-2,8-3)19-16(5)13-15(4)14-17(19)18-11-9-10-12-20-18/h9-14H,6-8H2,1-5H3. The number of aromatic nitrogens is 1. The van der Waals surface area contributed by atoms with Crippen molar-refractivity contribution in [3.8, 4) is 11.3 Å². The molecule has 2 rings (SSSR count). The lowest BCUT2D eigenvalue weighted by molar-refractivity contribution is 1.18. The Kier molecular flexibility index (Phi) is 4.99. The molecule has 1 nitrogen and oxygen atoms in total. The molecule has 0 aliphatic carbocycles. The number of hydrogen-bond donors (Lipinski definition) is 0. The molecule has 0 N–H and O–H groups in total. The summed E-state index contributed by atoms with van der Waals surface area (Å²) < 4.78 is 0. The first kappa shape index (κ1) is 16.0. The van der Waals surface area contributed by atoms with Crippen LogP contribution < -0.4 is 5.19 Å². The van der Waals surface area contributed by atoms with Crippen molar-refractivity contribution in [1.29, 1.82) is 0 Å². The van der Waals surface area contributed by atoms with E-state index in [1.54, 1.807) is 5.19 Å². The molecule has 0 unspecified atom stereocenters. The maximum atomic E-state index is 4.63. The van der Waals surface area contributed by atoms with Crippen LogP contribution in [0.4, 0.5) is 0 Å². The number of aryl methyl sites for hydroxylation is 2. The predicted molar refractivity (Wildman–Crippen MR) is 96.0 cm³/mol. The third-order valence-electron chi connectivity index (χ3n) is 4.98. The monoisotopic (exact) mass is 297 g/mol. The average Bonchev–Trinajstić information content (AvgIpc) is 2.51. The maximum absolute atomic E-state index is 4.63. The molecule has 0 spiro atoms. The van der Waals surface area contributed by atoms with Crippen molar-refractivity contribution in [3.05, 3.63) is 47.7 Å². The smallest absolute Gasteiger partial charge is 0.0871 e. The van der Waals surface area contributed by atoms with Crippen molar-refractivity contribution < 1.29 is 0 Å². The van der Waals surface area contributed by atoms with E-state index >= 15 is 0 Å². The first-order chi connectivity index (χ1) is 10.1. The molecule has 1 aromatic heterocycles. The molecule has 112 valence electrons. The fourth-order valence-electron chi connectivity index (χ4n) is 3.68. The lowest BCUT2D eigenvalue weighted by atomic mass is 10.0. The molecule has 0 saturated carbocycles. The van der Waals surface area contributed by atoms with Gasteiger partial charge in [0.15, 0.2) is 0 Å². The van der Waals surface area contributed by atoms with Gasteiger partial charge in [0, 0.05) is 6.20 Å². The second-order valence-corrected chi connectivity index (χ2v) is 11.2. The molecule has 1 aromatic carbocycles. The highest BCUT2D eigenvalue weighted by Crippen LogP contribution is 2.28. The largest absolute Gasteiger partial charge is 0.256 e. The van der Waals surface area contributed by atoms with Crippen LogP contribution in [-0.4, -0.2) is 13.1 Å². The Morgan fingerprint density at radius 2 is 1.62 bits per heavy atom. The van der Waals surface area contributed by atoms with Gasteiger partial charge >= 0.3 is 0 Å². The summed E-state index contributed by atoms with van der Waals surface area (Å²) in [5, 5.41) is 1.64. The van der Waals surface area contributed by atoms with Gasteiger partial charge in [-0.05, 0) is 42.8 Å². The zero-order valence-corrected chi connectivity index (χ0v) is 15.0. The average molecular weight is 298 g/mol. The van der Waals surface area contributed by atoms with E-state index in [0.29, 0.717) is 0 Å². The van der Waals surface area contributed by atoms with E-state index < -0.39 is 8.07 Å². The van der Waals surface area contributed by atoms with Gasteiger partial charge in [0.1, 0.15) is 0 Å². The van der Waals surface area contributed by atoms with Crippen LogP contribution in [-0.2, 0) is 0 Å². The highest BCUT2D eigenvalue weighted by Gasteiger charge is 2.33. The Hall–Kier alpha value is -1.41. The number of benzene rings is 1. The molecule has 0 amide bonds. The SMILES string of the molecule is CC[Si](CC)(CC)c1c(C)cc(C)cc1-c1ccccn1. The molecule has 0 bridgehead atoms. The summed E-state index contributed by atoms with van der Waals surface area (Å²) in [5.74, 6) is 0. The van der Waals surface area contributed by atoms with E-state index in [9.17, 15) is 0 Å². The van der Waals surface area contributed by atoms with E-state index in [-0.39, 0.29) is 0 Å². The molecule has 1 heterocycles. The third-order valence-corrected chi connectivity index (χ3v) is 10.8. The van der Waals surface area contributed by atoms with Crippen molar-refractivity contribution in [2.75, 3.05) is 0 Å². The lowest BCUT2D eigenvalue weighted by Gasteiger charge is -2.33. The van der Waals surface area contributed by atoms with Crippen LogP contribution in [0.25, 0.3) is 11.3 Å². The number of rotatable bonds is 5. The Bertz CT molecular complexity index is 592. The summed E-state index contributed by atoms with van der Waals surface area (Å²) in [7, 11) is -1.43. The van der Waals surface area contributed by atoms with Crippen LogP contribution in [0.15, 0.2) is 36.5 Å². The predicted octanol–water partition coefficient (Wildman–Crippen LogP) is 5.08. The molecule has 0 saturated heterocycles. The van der Waals surface area contributed by atoms with Crippen molar-refractivity contribution in [2.45, 2.75) is 52.8 Å². The van der Waals surface area contributed by atoms with Crippen LogP contribution in [0.3, 0.4) is 0 Å². The van der Waals surface area contributed by atoms with Gasteiger partial charge in [-0.3, -0.25) is 4.98 Å². The topological polar surface area (TPSA) is 12.9 Å². The first-order valence-electron chi connectivity index (χ1n) is 8.11. The first-order valence-corrected chi connectivity index (χ1v) is 10.7. The molecule has 2 aromatic rings. The van der Waals surface area contributed by atoms with Gasteiger partial charge in [0.25, 0.3) is 0 Å². The normalized spacial score (nSPS) is 11.7. The Morgan fingerprint density at radius 3 is 2.14 bits per heavy atom. The summed E-state index contributed by atoms with van der Waals surface area (Å²) >= 11 is 0. The van der Waals surface area contributed by atoms with Crippen LogP contribution in [0.1, 0.15) is 31.9 Å². The minimum Gasteiger partial charge on any atom is -0.256 e. The quantitative estimate of drug-likeness (QED) is 0.701. The van der Waals surface area contributed by atoms with Crippen molar-refractivity contribution in [3.63, 3.8) is 0 Å². The minimum absolute atomic E-state index is 1.13. The van der Waals surface area contributed by atoms with E-state index in [1.165, 1.54) is 34.8 Å². The van der Waals surface area contributed by atoms with Gasteiger partial charge in [-0.25, -0.2) is 0 Å². The van der Waals surface area contributed by atoms with Gasteiger partial charge in [0.05, 0.1) is 13.8 Å². The number of hydrogen-bond acceptors (Lipinski definition) is 1. The summed E-state index contributed by atoms with van der Waals surface area (Å²) in [5.41, 5.74) is 5.31. The van der Waals surface area contributed by atoms with Crippen LogP contribution in [0.5, 0.6) is 0 Å². The molecule has 0 atom stereocenters. The lowest BCUT2D eigenvalue weighted by Crippen LogP contribution is -2.48. The molecule has 0 aliphatic heterocycles. The Morgan fingerprint density at radius 1 is 0.952 bits per heavy atom. The zero-order valence-electron chi connectivity index (χ0n) is 14.0. The molecule has 0 fully saturated rings. The van der Waals surface area contributed by atoms with Gasteiger partial charge < -0.3 is 0 Å². The van der Waals surface area contributed by atoms with Crippen molar-refractivity contribution in [2.24, 2.45) is 0 Å². The van der Waals surface area contributed by atoms with E-state index in [2.05, 4.69) is 63.9 Å². The van der Waals surface area contributed by atoms with Crippen molar-refractivity contribution >= 4 is 13.3 Å². The van der Waals surface area contributed by atoms with E-state index in [0.717, 1.165) is 5.69 Å². The second-order valence-electron chi connectivity index (χ2n) is 6.06. The molecule has 21 heavy (non-hydrogen) atoms. The van der Waals surface area contributed by atoms with Gasteiger partial charge in [-0.1, -0.05) is 62.2 Å². The Labute approximate surface area is 130 Å². The number of nitrogens with zero attached hydrogens (tertiary/aromatic N) is 1. The second kappa shape index (κ2) is 6.57. The zero-order chi connectivity index (χ0) is 15.5. The van der Waals surface area contributed by atoms with Gasteiger partial charge in [0.2, 0.25) is 0 Å². The van der Waals surface area contributed by atoms with Crippen LogP contribution in [0.2, 0.25) is 18.1 Å². The maximum Gasteiger partial charge on any atom is 0.0871 e. The fourth-order valence-corrected chi connectivity index (χ4v) is 7.92. The minimum atomic E-state index is -1.43. The number of pyridine rings is 1. The van der Waals surface area contributed by atoms with E-state index in [4.69, 9.17) is 0 Å². The Balaban J connectivity index is 2.76. The molecule has 2 heteroatoms. The van der Waals surface area contributed by atoms with Crippen LogP contribution in [0, 0.1) is 13.8 Å². The highest BCUT2D eigenvalue weighted by atomic mass is 28.3.